The smallest absolute Gasteiger partial charge is 0.139 e. The van der Waals surface area contributed by atoms with E-state index in [0.29, 0.717) is 0 Å². The Hall–Kier alpha value is -1.98. The summed E-state index contributed by atoms with van der Waals surface area (Å²) in [5.74, 6) is 0.769. The highest BCUT2D eigenvalue weighted by molar-refractivity contribution is 7.17. The molecule has 0 amide bonds. The van der Waals surface area contributed by atoms with Crippen LogP contribution in [0.2, 0.25) is 0 Å². The number of hydrogen-bond acceptors (Lipinski definition) is 5. The largest absolute Gasteiger partial charge is 0.394 e. The fourth-order valence-corrected chi connectivity index (χ4v) is 3.55. The molecule has 2 aromatic heterocycles. The molecule has 3 rings (SSSR count). The van der Waals surface area contributed by atoms with Crippen molar-refractivity contribution in [3.63, 3.8) is 0 Å². The molecule has 120 valence electrons. The van der Waals surface area contributed by atoms with Crippen LogP contribution in [-0.2, 0) is 0 Å². The van der Waals surface area contributed by atoms with Gasteiger partial charge in [-0.3, -0.25) is 0 Å². The number of aromatic nitrogens is 2. The maximum absolute atomic E-state index is 9.54. The molecule has 0 aliphatic rings. The van der Waals surface area contributed by atoms with Gasteiger partial charge >= 0.3 is 0 Å². The summed E-state index contributed by atoms with van der Waals surface area (Å²) in [7, 11) is 0. The van der Waals surface area contributed by atoms with Crippen LogP contribution >= 0.6 is 11.3 Å². The summed E-state index contributed by atoms with van der Waals surface area (Å²) in [6.45, 7) is 8.15. The summed E-state index contributed by atoms with van der Waals surface area (Å²) >= 11 is 1.62. The van der Waals surface area contributed by atoms with Crippen LogP contribution in [0, 0.1) is 13.8 Å². The van der Waals surface area contributed by atoms with E-state index in [1.54, 1.807) is 17.7 Å². The molecule has 4 nitrogen and oxygen atoms in total. The van der Waals surface area contributed by atoms with Gasteiger partial charge in [-0.15, -0.1) is 11.3 Å². The summed E-state index contributed by atoms with van der Waals surface area (Å²) in [6.07, 6.45) is 1.57. The Kier molecular flexibility index (Phi) is 4.08. The third kappa shape index (κ3) is 3.07. The molecular weight excluding hydrogens is 306 g/mol. The molecule has 3 aromatic rings. The zero-order valence-corrected chi connectivity index (χ0v) is 14.7. The van der Waals surface area contributed by atoms with E-state index in [-0.39, 0.29) is 6.61 Å². The van der Waals surface area contributed by atoms with Crippen LogP contribution in [0.3, 0.4) is 0 Å². The second kappa shape index (κ2) is 5.91. The minimum atomic E-state index is -0.442. The maximum atomic E-state index is 9.54. The summed E-state index contributed by atoms with van der Waals surface area (Å²) in [6, 6.07) is 6.47. The van der Waals surface area contributed by atoms with Gasteiger partial charge in [0.2, 0.25) is 0 Å². The number of benzene rings is 1. The topological polar surface area (TPSA) is 58.0 Å². The average Bonchev–Trinajstić information content (AvgIpc) is 2.92. The number of nitrogens with zero attached hydrogens (tertiary/aromatic N) is 2. The molecule has 1 aromatic carbocycles. The number of anilines is 1. The van der Waals surface area contributed by atoms with E-state index in [0.717, 1.165) is 21.6 Å². The highest BCUT2D eigenvalue weighted by Crippen LogP contribution is 2.38. The van der Waals surface area contributed by atoms with Gasteiger partial charge in [-0.05, 0) is 38.8 Å². The maximum Gasteiger partial charge on any atom is 0.139 e. The minimum Gasteiger partial charge on any atom is -0.394 e. The van der Waals surface area contributed by atoms with Crippen molar-refractivity contribution in [1.82, 2.24) is 9.97 Å². The number of aliphatic hydroxyl groups excluding tert-OH is 1. The van der Waals surface area contributed by atoms with Crippen LogP contribution in [0.5, 0.6) is 0 Å². The molecule has 0 atom stereocenters. The van der Waals surface area contributed by atoms with E-state index in [4.69, 9.17) is 0 Å². The van der Waals surface area contributed by atoms with Crippen LogP contribution in [0.4, 0.5) is 5.82 Å². The van der Waals surface area contributed by atoms with Crippen molar-refractivity contribution in [3.05, 3.63) is 41.0 Å². The molecular formula is C18H21N3OS. The zero-order valence-electron chi connectivity index (χ0n) is 13.8. The first-order valence-electron chi connectivity index (χ1n) is 7.60. The molecule has 0 fully saturated rings. The molecule has 0 radical (unpaired) electrons. The summed E-state index contributed by atoms with van der Waals surface area (Å²) < 4.78 is 0. The molecule has 0 saturated heterocycles. The Morgan fingerprint density at radius 1 is 1.17 bits per heavy atom. The first-order valence-corrected chi connectivity index (χ1v) is 8.48. The lowest BCUT2D eigenvalue weighted by Gasteiger charge is -2.24. The SMILES string of the molecule is Cc1ccc(-c2csc3ncnc(NC(C)(C)CO)c23)c(C)c1. The summed E-state index contributed by atoms with van der Waals surface area (Å²) in [4.78, 5) is 9.77. The van der Waals surface area contributed by atoms with Gasteiger partial charge in [0.1, 0.15) is 17.0 Å². The number of hydrogen-bond donors (Lipinski definition) is 2. The van der Waals surface area contributed by atoms with Crippen molar-refractivity contribution in [2.24, 2.45) is 0 Å². The molecule has 0 aliphatic carbocycles. The summed E-state index contributed by atoms with van der Waals surface area (Å²) in [5.41, 5.74) is 4.38. The number of aryl methyl sites for hydroxylation is 2. The Bertz CT molecular complexity index is 855. The monoisotopic (exact) mass is 327 g/mol. The second-order valence-electron chi connectivity index (χ2n) is 6.54. The normalized spacial score (nSPS) is 11.9. The van der Waals surface area contributed by atoms with E-state index in [9.17, 15) is 5.11 Å². The van der Waals surface area contributed by atoms with Gasteiger partial charge in [0.15, 0.2) is 0 Å². The molecule has 23 heavy (non-hydrogen) atoms. The first kappa shape index (κ1) is 15.9. The van der Waals surface area contributed by atoms with Crippen LogP contribution in [0.25, 0.3) is 21.3 Å². The summed E-state index contributed by atoms with van der Waals surface area (Å²) in [5, 5.41) is 16.0. The number of nitrogens with one attached hydrogen (secondary N) is 1. The zero-order chi connectivity index (χ0) is 16.6. The van der Waals surface area contributed by atoms with E-state index < -0.39 is 5.54 Å². The van der Waals surface area contributed by atoms with Gasteiger partial charge < -0.3 is 10.4 Å². The van der Waals surface area contributed by atoms with Gasteiger partial charge in [-0.1, -0.05) is 23.8 Å². The van der Waals surface area contributed by atoms with Crippen LogP contribution in [0.15, 0.2) is 29.9 Å². The fourth-order valence-electron chi connectivity index (χ4n) is 2.64. The fraction of sp³-hybridized carbons (Fsp3) is 0.333. The van der Waals surface area contributed by atoms with Crippen LogP contribution in [-0.4, -0.2) is 27.2 Å². The minimum absolute atomic E-state index is 0.0293. The molecule has 2 heterocycles. The Morgan fingerprint density at radius 3 is 2.65 bits per heavy atom. The van der Waals surface area contributed by atoms with Crippen LogP contribution in [0.1, 0.15) is 25.0 Å². The molecule has 0 aliphatic heterocycles. The molecule has 2 N–H and O–H groups in total. The van der Waals surface area contributed by atoms with E-state index in [1.807, 2.05) is 13.8 Å². The predicted molar refractivity (Wildman–Crippen MR) is 97.1 cm³/mol. The van der Waals surface area contributed by atoms with Crippen molar-refractivity contribution in [2.45, 2.75) is 33.2 Å². The third-order valence-corrected chi connectivity index (χ3v) is 4.78. The van der Waals surface area contributed by atoms with Gasteiger partial charge in [0.05, 0.1) is 17.5 Å². The second-order valence-corrected chi connectivity index (χ2v) is 7.40. The number of fused-ring (bicyclic) bond motifs is 1. The van der Waals surface area contributed by atoms with E-state index >= 15 is 0 Å². The lowest BCUT2D eigenvalue weighted by atomic mass is 9.98. The Morgan fingerprint density at radius 2 is 1.96 bits per heavy atom. The van der Waals surface area contributed by atoms with Gasteiger partial charge in [-0.25, -0.2) is 9.97 Å². The Balaban J connectivity index is 2.19. The standard InChI is InChI=1S/C18H21N3OS/c1-11-5-6-13(12(2)7-11)14-8-23-17-15(14)16(19-10-20-17)21-18(3,4)9-22/h5-8,10,22H,9H2,1-4H3,(H,19,20,21). The third-order valence-electron chi connectivity index (χ3n) is 3.89. The van der Waals surface area contributed by atoms with Crippen LogP contribution < -0.4 is 5.32 Å². The molecule has 0 spiro atoms. The lowest BCUT2D eigenvalue weighted by Crippen LogP contribution is -2.35. The highest BCUT2D eigenvalue weighted by atomic mass is 32.1. The number of thiophene rings is 1. The number of rotatable bonds is 4. The molecule has 0 saturated carbocycles. The Labute approximate surface area is 140 Å². The van der Waals surface area contributed by atoms with Gasteiger partial charge in [-0.2, -0.15) is 0 Å². The quantitative estimate of drug-likeness (QED) is 0.755. The predicted octanol–water partition coefficient (Wildman–Crippen LogP) is 4.16. The van der Waals surface area contributed by atoms with Crippen molar-refractivity contribution >= 4 is 27.4 Å². The van der Waals surface area contributed by atoms with Gasteiger partial charge in [0.25, 0.3) is 0 Å². The lowest BCUT2D eigenvalue weighted by molar-refractivity contribution is 0.234. The molecule has 0 bridgehead atoms. The van der Waals surface area contributed by atoms with E-state index in [2.05, 4.69) is 52.7 Å². The van der Waals surface area contributed by atoms with Crippen molar-refractivity contribution < 1.29 is 5.11 Å². The average molecular weight is 327 g/mol. The van der Waals surface area contributed by atoms with E-state index in [1.165, 1.54) is 16.7 Å². The van der Waals surface area contributed by atoms with Crippen molar-refractivity contribution in [1.29, 1.82) is 0 Å². The molecule has 0 unspecified atom stereocenters. The highest BCUT2D eigenvalue weighted by Gasteiger charge is 2.21. The van der Waals surface area contributed by atoms with Crippen molar-refractivity contribution in [3.8, 4) is 11.1 Å². The molecule has 5 heteroatoms. The van der Waals surface area contributed by atoms with Gasteiger partial charge in [0, 0.05) is 10.9 Å². The number of aliphatic hydroxyl groups is 1. The van der Waals surface area contributed by atoms with Crippen molar-refractivity contribution in [2.75, 3.05) is 11.9 Å². The first-order chi connectivity index (χ1) is 10.9.